The van der Waals surface area contributed by atoms with Gasteiger partial charge in [-0.25, -0.2) is 0 Å². The molecule has 0 bridgehead atoms. The van der Waals surface area contributed by atoms with E-state index in [1.54, 1.807) is 0 Å². The molecule has 1 saturated heterocycles. The van der Waals surface area contributed by atoms with Crippen LogP contribution in [0, 0.1) is 5.92 Å². The maximum absolute atomic E-state index is 6.10. The molecule has 1 heterocycles. The molecule has 1 aromatic carbocycles. The Labute approximate surface area is 109 Å². The number of halogens is 1. The third-order valence-corrected chi connectivity index (χ3v) is 3.95. The summed E-state index contributed by atoms with van der Waals surface area (Å²) >= 11 is 6.10. The number of anilines is 1. The van der Waals surface area contributed by atoms with E-state index in [1.807, 2.05) is 12.1 Å². The highest BCUT2D eigenvalue weighted by molar-refractivity contribution is 6.30. The van der Waals surface area contributed by atoms with E-state index in [0.717, 1.165) is 17.5 Å². The first-order chi connectivity index (χ1) is 8.11. The first-order valence-electron chi connectivity index (χ1n) is 6.37. The molecule has 0 aliphatic carbocycles. The van der Waals surface area contributed by atoms with Crippen LogP contribution in [0.2, 0.25) is 5.02 Å². The van der Waals surface area contributed by atoms with Crippen molar-refractivity contribution in [3.8, 4) is 0 Å². The third kappa shape index (κ3) is 2.75. The molecule has 1 aliphatic rings. The zero-order chi connectivity index (χ0) is 12.4. The number of piperidine rings is 1. The molecule has 1 fully saturated rings. The SMILES string of the molecule is CC1CCN(c2cc(Cl)ccc2CN)C(C)C1. The predicted molar refractivity (Wildman–Crippen MR) is 74.5 cm³/mol. The van der Waals surface area contributed by atoms with Crippen molar-refractivity contribution in [3.63, 3.8) is 0 Å². The van der Waals surface area contributed by atoms with Crippen LogP contribution in [-0.2, 0) is 6.54 Å². The average Bonchev–Trinajstić information content (AvgIpc) is 2.29. The highest BCUT2D eigenvalue weighted by atomic mass is 35.5. The molecule has 94 valence electrons. The van der Waals surface area contributed by atoms with Crippen molar-refractivity contribution in [2.24, 2.45) is 11.7 Å². The lowest BCUT2D eigenvalue weighted by atomic mass is 9.92. The van der Waals surface area contributed by atoms with Crippen LogP contribution < -0.4 is 10.6 Å². The van der Waals surface area contributed by atoms with Crippen molar-refractivity contribution in [2.75, 3.05) is 11.4 Å². The molecule has 2 N–H and O–H groups in total. The van der Waals surface area contributed by atoms with Gasteiger partial charge >= 0.3 is 0 Å². The quantitative estimate of drug-likeness (QED) is 0.874. The van der Waals surface area contributed by atoms with Gasteiger partial charge in [0, 0.05) is 29.8 Å². The number of hydrogen-bond acceptors (Lipinski definition) is 2. The third-order valence-electron chi connectivity index (χ3n) is 3.72. The van der Waals surface area contributed by atoms with Gasteiger partial charge in [-0.2, -0.15) is 0 Å². The summed E-state index contributed by atoms with van der Waals surface area (Å²) in [7, 11) is 0. The number of hydrogen-bond donors (Lipinski definition) is 1. The number of rotatable bonds is 2. The summed E-state index contributed by atoms with van der Waals surface area (Å²) in [6.45, 7) is 6.30. The lowest BCUT2D eigenvalue weighted by Gasteiger charge is -2.39. The second-order valence-corrected chi connectivity index (χ2v) is 5.59. The molecule has 17 heavy (non-hydrogen) atoms. The summed E-state index contributed by atoms with van der Waals surface area (Å²) in [6.07, 6.45) is 2.50. The van der Waals surface area contributed by atoms with E-state index in [4.69, 9.17) is 17.3 Å². The summed E-state index contributed by atoms with van der Waals surface area (Å²) < 4.78 is 0. The van der Waals surface area contributed by atoms with E-state index in [-0.39, 0.29) is 0 Å². The standard InChI is InChI=1S/C14H21ClN2/c1-10-5-6-17(11(2)7-10)14-8-13(15)4-3-12(14)9-16/h3-4,8,10-11H,5-7,9,16H2,1-2H3. The van der Waals surface area contributed by atoms with Crippen LogP contribution in [0.4, 0.5) is 5.69 Å². The molecular formula is C14H21ClN2. The van der Waals surface area contributed by atoms with Gasteiger partial charge in [-0.3, -0.25) is 0 Å². The van der Waals surface area contributed by atoms with Crippen LogP contribution in [-0.4, -0.2) is 12.6 Å². The average molecular weight is 253 g/mol. The molecule has 0 amide bonds. The fraction of sp³-hybridized carbons (Fsp3) is 0.571. The van der Waals surface area contributed by atoms with Crippen molar-refractivity contribution >= 4 is 17.3 Å². The predicted octanol–water partition coefficient (Wildman–Crippen LogP) is 3.42. The molecule has 1 aliphatic heterocycles. The Bertz CT molecular complexity index is 392. The molecule has 2 rings (SSSR count). The van der Waals surface area contributed by atoms with E-state index < -0.39 is 0 Å². The van der Waals surface area contributed by atoms with Crippen molar-refractivity contribution in [1.82, 2.24) is 0 Å². The van der Waals surface area contributed by atoms with Gasteiger partial charge < -0.3 is 10.6 Å². The van der Waals surface area contributed by atoms with Crippen LogP contribution in [0.3, 0.4) is 0 Å². The Balaban J connectivity index is 2.29. The van der Waals surface area contributed by atoms with Gasteiger partial charge in [0.05, 0.1) is 0 Å². The van der Waals surface area contributed by atoms with Gasteiger partial charge in [0.1, 0.15) is 0 Å². The van der Waals surface area contributed by atoms with Crippen LogP contribution in [0.5, 0.6) is 0 Å². The summed E-state index contributed by atoms with van der Waals surface area (Å²) in [5.74, 6) is 0.821. The molecule has 0 saturated carbocycles. The van der Waals surface area contributed by atoms with E-state index >= 15 is 0 Å². The van der Waals surface area contributed by atoms with Gasteiger partial charge in [-0.05, 0) is 43.4 Å². The van der Waals surface area contributed by atoms with Gasteiger partial charge in [-0.1, -0.05) is 24.6 Å². The zero-order valence-electron chi connectivity index (χ0n) is 10.6. The van der Waals surface area contributed by atoms with Crippen LogP contribution in [0.15, 0.2) is 18.2 Å². The normalized spacial score (nSPS) is 25.1. The second-order valence-electron chi connectivity index (χ2n) is 5.15. The summed E-state index contributed by atoms with van der Waals surface area (Å²) in [6, 6.07) is 6.59. The van der Waals surface area contributed by atoms with E-state index in [2.05, 4.69) is 24.8 Å². The first kappa shape index (κ1) is 12.7. The van der Waals surface area contributed by atoms with Gasteiger partial charge in [-0.15, -0.1) is 0 Å². The molecule has 0 spiro atoms. The molecule has 2 atom stereocenters. The lowest BCUT2D eigenvalue weighted by molar-refractivity contribution is 0.377. The second kappa shape index (κ2) is 5.28. The van der Waals surface area contributed by atoms with Gasteiger partial charge in [0.15, 0.2) is 0 Å². The maximum Gasteiger partial charge on any atom is 0.0429 e. The van der Waals surface area contributed by atoms with Gasteiger partial charge in [0.2, 0.25) is 0 Å². The van der Waals surface area contributed by atoms with Crippen molar-refractivity contribution in [1.29, 1.82) is 0 Å². The number of benzene rings is 1. The highest BCUT2D eigenvalue weighted by Gasteiger charge is 2.24. The summed E-state index contributed by atoms with van der Waals surface area (Å²) in [4.78, 5) is 2.45. The molecule has 0 radical (unpaired) electrons. The number of nitrogens with two attached hydrogens (primary N) is 1. The Kier molecular flexibility index (Phi) is 3.95. The van der Waals surface area contributed by atoms with E-state index in [0.29, 0.717) is 12.6 Å². The largest absolute Gasteiger partial charge is 0.369 e. The maximum atomic E-state index is 6.10. The lowest BCUT2D eigenvalue weighted by Crippen LogP contribution is -2.40. The molecule has 2 unspecified atom stereocenters. The zero-order valence-corrected chi connectivity index (χ0v) is 11.4. The monoisotopic (exact) mass is 252 g/mol. The van der Waals surface area contributed by atoms with Gasteiger partial charge in [0.25, 0.3) is 0 Å². The first-order valence-corrected chi connectivity index (χ1v) is 6.74. The minimum atomic E-state index is 0.572. The smallest absolute Gasteiger partial charge is 0.0429 e. The Morgan fingerprint density at radius 1 is 1.41 bits per heavy atom. The highest BCUT2D eigenvalue weighted by Crippen LogP contribution is 2.31. The fourth-order valence-electron chi connectivity index (χ4n) is 2.74. The van der Waals surface area contributed by atoms with E-state index in [1.165, 1.54) is 24.1 Å². The van der Waals surface area contributed by atoms with Crippen molar-refractivity contribution in [3.05, 3.63) is 28.8 Å². The minimum absolute atomic E-state index is 0.572. The van der Waals surface area contributed by atoms with Crippen LogP contribution in [0.25, 0.3) is 0 Å². The van der Waals surface area contributed by atoms with Crippen LogP contribution in [0.1, 0.15) is 32.3 Å². The van der Waals surface area contributed by atoms with Crippen molar-refractivity contribution < 1.29 is 0 Å². The minimum Gasteiger partial charge on any atom is -0.369 e. The Morgan fingerprint density at radius 3 is 2.82 bits per heavy atom. The van der Waals surface area contributed by atoms with Crippen molar-refractivity contribution in [2.45, 2.75) is 39.3 Å². The fourth-order valence-corrected chi connectivity index (χ4v) is 2.91. The summed E-state index contributed by atoms with van der Waals surface area (Å²) in [5.41, 5.74) is 8.22. The molecule has 3 heteroatoms. The topological polar surface area (TPSA) is 29.3 Å². The summed E-state index contributed by atoms with van der Waals surface area (Å²) in [5, 5.41) is 0.794. The van der Waals surface area contributed by atoms with E-state index in [9.17, 15) is 0 Å². The Hall–Kier alpha value is -0.730. The molecule has 1 aromatic rings. The number of nitrogens with zero attached hydrogens (tertiary/aromatic N) is 1. The molecule has 2 nitrogen and oxygen atoms in total. The molecule has 0 aromatic heterocycles. The van der Waals surface area contributed by atoms with Crippen LogP contribution >= 0.6 is 11.6 Å². The Morgan fingerprint density at radius 2 is 2.18 bits per heavy atom. The molecular weight excluding hydrogens is 232 g/mol.